The number of nitrogens with zero attached hydrogens (tertiary/aromatic N) is 5. The molecule has 1 fully saturated rings. The minimum absolute atomic E-state index is 0.0559. The van der Waals surface area contributed by atoms with Gasteiger partial charge in [0.25, 0.3) is 0 Å². The molecular formula is C32H31F5N6O2S. The molecule has 2 atom stereocenters. The zero-order valence-corrected chi connectivity index (χ0v) is 25.9. The van der Waals surface area contributed by atoms with Gasteiger partial charge in [0.2, 0.25) is 0 Å². The molecule has 5 rings (SSSR count). The summed E-state index contributed by atoms with van der Waals surface area (Å²) in [6.45, 7) is 6.11. The third kappa shape index (κ3) is 8.03. The van der Waals surface area contributed by atoms with Gasteiger partial charge in [-0.25, -0.2) is 23.2 Å². The number of amidine groups is 1. The van der Waals surface area contributed by atoms with Crippen molar-refractivity contribution in [3.63, 3.8) is 0 Å². The fraction of sp³-hybridized carbons (Fsp3) is 0.312. The second kappa shape index (κ2) is 13.9. The van der Waals surface area contributed by atoms with Gasteiger partial charge in [0, 0.05) is 23.5 Å². The van der Waals surface area contributed by atoms with Crippen LogP contribution in [-0.2, 0) is 0 Å². The van der Waals surface area contributed by atoms with Gasteiger partial charge in [0.15, 0.2) is 11.0 Å². The second-order valence-electron chi connectivity index (χ2n) is 10.9. The third-order valence-corrected chi connectivity index (χ3v) is 8.25. The first-order chi connectivity index (χ1) is 21.9. The average Bonchev–Trinajstić information content (AvgIpc) is 3.51. The van der Waals surface area contributed by atoms with E-state index in [1.165, 1.54) is 59.2 Å². The number of benzene rings is 3. The number of hydrogen-bond acceptors (Lipinski definition) is 5. The standard InChI is InChI=1S/C32H31F5N6O2S/c1-19(2)26-17-23(33)9-14-27(26)42-15-4-16-46-31(42)40-30(44)39-20(3)28(34)21-5-7-22(8-6-21)29-38-18-43(41-29)24-10-12-25(13-11-24)45-32(35,36)37/h5-14,17-20,28H,4,15-16H2,1-3H3,(H,39,44). The summed E-state index contributed by atoms with van der Waals surface area (Å²) in [6.07, 6.45) is -4.06. The number of amides is 2. The molecule has 2 unspecified atom stereocenters. The molecular weight excluding hydrogens is 627 g/mol. The van der Waals surface area contributed by atoms with Crippen LogP contribution < -0.4 is 15.0 Å². The van der Waals surface area contributed by atoms with Crippen LogP contribution in [0.4, 0.5) is 32.4 Å². The SMILES string of the molecule is CC(C)c1cc(F)ccc1N1CCCSC1=NC(=O)NC(C)C(F)c1ccc(-c2ncn(-c3ccc(OC(F)(F)F)cc3)n2)cc1. The first-order valence-electron chi connectivity index (χ1n) is 14.5. The van der Waals surface area contributed by atoms with E-state index >= 15 is 4.39 Å². The van der Waals surface area contributed by atoms with E-state index in [0.717, 1.165) is 23.4 Å². The Kier molecular flexibility index (Phi) is 9.94. The van der Waals surface area contributed by atoms with Gasteiger partial charge in [-0.3, -0.25) is 0 Å². The maximum Gasteiger partial charge on any atom is 0.573 e. The molecule has 1 aromatic heterocycles. The molecule has 3 aromatic carbocycles. The lowest BCUT2D eigenvalue weighted by Gasteiger charge is -2.32. The molecule has 242 valence electrons. The van der Waals surface area contributed by atoms with Crippen molar-refractivity contribution >= 4 is 28.6 Å². The van der Waals surface area contributed by atoms with Crippen molar-refractivity contribution in [3.8, 4) is 22.8 Å². The van der Waals surface area contributed by atoms with Crippen LogP contribution in [0.25, 0.3) is 17.1 Å². The predicted molar refractivity (Wildman–Crippen MR) is 168 cm³/mol. The van der Waals surface area contributed by atoms with Gasteiger partial charge in [0.05, 0.1) is 11.7 Å². The summed E-state index contributed by atoms with van der Waals surface area (Å²) < 4.78 is 72.0. The summed E-state index contributed by atoms with van der Waals surface area (Å²) in [5, 5.41) is 7.46. The lowest BCUT2D eigenvalue weighted by Crippen LogP contribution is -2.38. The quantitative estimate of drug-likeness (QED) is 0.192. The summed E-state index contributed by atoms with van der Waals surface area (Å²) in [6, 6.07) is 14.6. The van der Waals surface area contributed by atoms with E-state index in [1.807, 2.05) is 18.7 Å². The van der Waals surface area contributed by atoms with Gasteiger partial charge in [-0.05, 0) is 72.9 Å². The van der Waals surface area contributed by atoms with Gasteiger partial charge in [-0.1, -0.05) is 49.9 Å². The van der Waals surface area contributed by atoms with Gasteiger partial charge in [-0.2, -0.15) is 4.99 Å². The van der Waals surface area contributed by atoms with E-state index in [-0.39, 0.29) is 17.5 Å². The Hall–Kier alpha value is -4.46. The van der Waals surface area contributed by atoms with E-state index in [1.54, 1.807) is 37.3 Å². The highest BCUT2D eigenvalue weighted by molar-refractivity contribution is 8.14. The van der Waals surface area contributed by atoms with Gasteiger partial charge in [-0.15, -0.1) is 18.3 Å². The number of nitrogens with one attached hydrogen (secondary N) is 1. The highest BCUT2D eigenvalue weighted by atomic mass is 32.2. The number of rotatable bonds is 8. The fourth-order valence-electron chi connectivity index (χ4n) is 4.92. The Bertz CT molecular complexity index is 1690. The van der Waals surface area contributed by atoms with E-state index in [2.05, 4.69) is 25.1 Å². The smallest absolute Gasteiger partial charge is 0.406 e. The van der Waals surface area contributed by atoms with E-state index < -0.39 is 24.6 Å². The number of aromatic nitrogens is 3. The molecule has 4 aromatic rings. The first-order valence-corrected chi connectivity index (χ1v) is 15.5. The molecule has 0 saturated carbocycles. The average molecular weight is 659 g/mol. The molecule has 1 N–H and O–H groups in total. The number of ether oxygens (including phenoxy) is 1. The monoisotopic (exact) mass is 658 g/mol. The molecule has 0 aliphatic carbocycles. The largest absolute Gasteiger partial charge is 0.573 e. The lowest BCUT2D eigenvalue weighted by molar-refractivity contribution is -0.274. The number of anilines is 1. The van der Waals surface area contributed by atoms with Crippen molar-refractivity contribution in [2.24, 2.45) is 4.99 Å². The summed E-state index contributed by atoms with van der Waals surface area (Å²) in [4.78, 5) is 23.3. The molecule has 0 spiro atoms. The van der Waals surface area contributed by atoms with Crippen LogP contribution >= 0.6 is 11.8 Å². The molecule has 1 saturated heterocycles. The minimum Gasteiger partial charge on any atom is -0.406 e. The fourth-order valence-corrected chi connectivity index (χ4v) is 5.87. The van der Waals surface area contributed by atoms with Crippen molar-refractivity contribution in [2.75, 3.05) is 17.2 Å². The number of thioether (sulfide) groups is 1. The number of aliphatic imine (C=N–C) groups is 1. The Labute approximate surface area is 266 Å². The van der Waals surface area contributed by atoms with Crippen LogP contribution in [0.1, 0.15) is 50.4 Å². The highest BCUT2D eigenvalue weighted by Gasteiger charge is 2.31. The van der Waals surface area contributed by atoms with Crippen LogP contribution in [0.2, 0.25) is 0 Å². The Morgan fingerprint density at radius 2 is 1.76 bits per heavy atom. The summed E-state index contributed by atoms with van der Waals surface area (Å²) in [5.74, 6) is 0.463. The maximum atomic E-state index is 15.5. The van der Waals surface area contributed by atoms with E-state index in [9.17, 15) is 22.4 Å². The Balaban J connectivity index is 1.23. The Morgan fingerprint density at radius 3 is 2.43 bits per heavy atom. The molecule has 2 amide bonds. The molecule has 1 aliphatic rings. The number of halogens is 5. The predicted octanol–water partition coefficient (Wildman–Crippen LogP) is 8.20. The summed E-state index contributed by atoms with van der Waals surface area (Å²) in [5.41, 5.74) is 2.98. The molecule has 1 aliphatic heterocycles. The molecule has 14 heteroatoms. The van der Waals surface area contributed by atoms with Gasteiger partial charge in [0.1, 0.15) is 24.1 Å². The van der Waals surface area contributed by atoms with Gasteiger partial charge < -0.3 is 15.0 Å². The van der Waals surface area contributed by atoms with Crippen LogP contribution in [0.3, 0.4) is 0 Å². The molecule has 8 nitrogen and oxygen atoms in total. The zero-order chi connectivity index (χ0) is 33.0. The topological polar surface area (TPSA) is 84.6 Å². The second-order valence-corrected chi connectivity index (χ2v) is 12.0. The number of carbonyl (C=O) groups is 1. The highest BCUT2D eigenvalue weighted by Crippen LogP contribution is 2.33. The lowest BCUT2D eigenvalue weighted by atomic mass is 10.00. The zero-order valence-electron chi connectivity index (χ0n) is 25.1. The van der Waals surface area contributed by atoms with Crippen LogP contribution in [0.15, 0.2) is 78.0 Å². The van der Waals surface area contributed by atoms with E-state index in [4.69, 9.17) is 0 Å². The molecule has 2 heterocycles. The number of alkyl halides is 4. The molecule has 0 radical (unpaired) electrons. The number of urea groups is 1. The first kappa shape index (κ1) is 32.9. The van der Waals surface area contributed by atoms with Crippen molar-refractivity contribution in [2.45, 2.75) is 51.7 Å². The summed E-state index contributed by atoms with van der Waals surface area (Å²) >= 11 is 1.42. The van der Waals surface area contributed by atoms with Crippen LogP contribution in [0.5, 0.6) is 5.75 Å². The normalized spacial score (nSPS) is 16.0. The molecule has 46 heavy (non-hydrogen) atoms. The van der Waals surface area contributed by atoms with Crippen molar-refractivity contribution < 1.29 is 31.5 Å². The Morgan fingerprint density at radius 1 is 1.04 bits per heavy atom. The number of hydrogen-bond donors (Lipinski definition) is 1. The third-order valence-electron chi connectivity index (χ3n) is 7.19. The minimum atomic E-state index is -4.79. The van der Waals surface area contributed by atoms with Crippen LogP contribution in [0, 0.1) is 5.82 Å². The van der Waals surface area contributed by atoms with Crippen molar-refractivity contribution in [1.29, 1.82) is 0 Å². The van der Waals surface area contributed by atoms with Crippen LogP contribution in [-0.4, -0.2) is 50.7 Å². The molecule has 0 bridgehead atoms. The van der Waals surface area contributed by atoms with E-state index in [0.29, 0.717) is 34.4 Å². The maximum absolute atomic E-state index is 15.5. The summed E-state index contributed by atoms with van der Waals surface area (Å²) in [7, 11) is 0. The van der Waals surface area contributed by atoms with Crippen molar-refractivity contribution in [3.05, 3.63) is 90.0 Å². The number of carbonyl (C=O) groups excluding carboxylic acids is 1. The van der Waals surface area contributed by atoms with Gasteiger partial charge >= 0.3 is 12.4 Å². The van der Waals surface area contributed by atoms with Crippen molar-refractivity contribution in [1.82, 2.24) is 20.1 Å².